The molecule has 1 N–H and O–H groups in total. The SMILES string of the molecule is Cc1cc(Br)ccc1C(O)COC(C)C. The molecule has 0 bridgehead atoms. The molecule has 3 heteroatoms. The van der Waals surface area contributed by atoms with Crippen molar-refractivity contribution in [3.63, 3.8) is 0 Å². The van der Waals surface area contributed by atoms with Gasteiger partial charge in [0.25, 0.3) is 0 Å². The molecule has 0 amide bonds. The van der Waals surface area contributed by atoms with Crippen molar-refractivity contribution >= 4 is 15.9 Å². The third-order valence-electron chi connectivity index (χ3n) is 2.18. The van der Waals surface area contributed by atoms with Crippen LogP contribution >= 0.6 is 15.9 Å². The predicted octanol–water partition coefficient (Wildman–Crippen LogP) is 3.22. The Morgan fingerprint density at radius 3 is 2.60 bits per heavy atom. The zero-order valence-electron chi connectivity index (χ0n) is 9.33. The van der Waals surface area contributed by atoms with E-state index in [1.807, 2.05) is 39.0 Å². The minimum absolute atomic E-state index is 0.149. The molecular weight excluding hydrogens is 256 g/mol. The Hall–Kier alpha value is -0.380. The van der Waals surface area contributed by atoms with E-state index in [4.69, 9.17) is 4.74 Å². The maximum absolute atomic E-state index is 9.90. The Morgan fingerprint density at radius 1 is 1.40 bits per heavy atom. The van der Waals surface area contributed by atoms with Crippen molar-refractivity contribution in [2.75, 3.05) is 6.61 Å². The van der Waals surface area contributed by atoms with E-state index in [0.717, 1.165) is 15.6 Å². The number of rotatable bonds is 4. The third kappa shape index (κ3) is 3.93. The Morgan fingerprint density at radius 2 is 2.07 bits per heavy atom. The van der Waals surface area contributed by atoms with E-state index >= 15 is 0 Å². The number of aryl methyl sites for hydroxylation is 1. The lowest BCUT2D eigenvalue weighted by molar-refractivity contribution is 0.00469. The van der Waals surface area contributed by atoms with Crippen LogP contribution < -0.4 is 0 Å². The summed E-state index contributed by atoms with van der Waals surface area (Å²) < 4.78 is 6.41. The molecule has 0 heterocycles. The second-order valence-electron chi connectivity index (χ2n) is 3.90. The quantitative estimate of drug-likeness (QED) is 0.912. The van der Waals surface area contributed by atoms with Crippen molar-refractivity contribution < 1.29 is 9.84 Å². The lowest BCUT2D eigenvalue weighted by atomic mass is 10.0. The minimum atomic E-state index is -0.541. The number of hydrogen-bond donors (Lipinski definition) is 1. The molecule has 0 radical (unpaired) electrons. The van der Waals surface area contributed by atoms with Crippen molar-refractivity contribution in [2.45, 2.75) is 33.0 Å². The van der Waals surface area contributed by atoms with Crippen LogP contribution in [0.4, 0.5) is 0 Å². The smallest absolute Gasteiger partial charge is 0.103 e. The molecule has 1 aromatic rings. The van der Waals surface area contributed by atoms with E-state index in [-0.39, 0.29) is 6.10 Å². The van der Waals surface area contributed by atoms with Crippen molar-refractivity contribution in [3.05, 3.63) is 33.8 Å². The third-order valence-corrected chi connectivity index (χ3v) is 2.67. The molecule has 0 saturated carbocycles. The Bertz CT molecular complexity index is 323. The van der Waals surface area contributed by atoms with Crippen LogP contribution in [0.3, 0.4) is 0 Å². The topological polar surface area (TPSA) is 29.5 Å². The molecule has 0 aliphatic rings. The van der Waals surface area contributed by atoms with E-state index in [0.29, 0.717) is 6.61 Å². The highest BCUT2D eigenvalue weighted by Crippen LogP contribution is 2.22. The summed E-state index contributed by atoms with van der Waals surface area (Å²) in [4.78, 5) is 0. The van der Waals surface area contributed by atoms with Gasteiger partial charge in [-0.15, -0.1) is 0 Å². The second kappa shape index (κ2) is 5.64. The van der Waals surface area contributed by atoms with Gasteiger partial charge in [-0.05, 0) is 44.0 Å². The van der Waals surface area contributed by atoms with Gasteiger partial charge >= 0.3 is 0 Å². The van der Waals surface area contributed by atoms with Gasteiger partial charge in [-0.1, -0.05) is 22.0 Å². The largest absolute Gasteiger partial charge is 0.386 e. The zero-order valence-corrected chi connectivity index (χ0v) is 10.9. The first-order valence-corrected chi connectivity index (χ1v) is 5.85. The van der Waals surface area contributed by atoms with E-state index in [9.17, 15) is 5.11 Å². The molecule has 1 aromatic carbocycles. The molecule has 2 nitrogen and oxygen atoms in total. The molecule has 0 aliphatic carbocycles. The van der Waals surface area contributed by atoms with E-state index in [1.165, 1.54) is 0 Å². The standard InChI is InChI=1S/C12H17BrO2/c1-8(2)15-7-12(14)11-5-4-10(13)6-9(11)3/h4-6,8,12,14H,7H2,1-3H3. The Labute approximate surface area is 99.4 Å². The molecule has 0 aromatic heterocycles. The number of benzene rings is 1. The van der Waals surface area contributed by atoms with Crippen molar-refractivity contribution in [2.24, 2.45) is 0 Å². The molecular formula is C12H17BrO2. The predicted molar refractivity (Wildman–Crippen MR) is 64.9 cm³/mol. The summed E-state index contributed by atoms with van der Waals surface area (Å²) in [5, 5.41) is 9.90. The van der Waals surface area contributed by atoms with Gasteiger partial charge in [0.15, 0.2) is 0 Å². The van der Waals surface area contributed by atoms with Crippen LogP contribution in [0, 0.1) is 6.92 Å². The molecule has 1 unspecified atom stereocenters. The lowest BCUT2D eigenvalue weighted by Gasteiger charge is -2.15. The van der Waals surface area contributed by atoms with Crippen LogP contribution in [-0.2, 0) is 4.74 Å². The number of aliphatic hydroxyl groups is 1. The van der Waals surface area contributed by atoms with Gasteiger partial charge in [0.2, 0.25) is 0 Å². The lowest BCUT2D eigenvalue weighted by Crippen LogP contribution is -2.12. The molecule has 0 spiro atoms. The van der Waals surface area contributed by atoms with Crippen molar-refractivity contribution in [1.82, 2.24) is 0 Å². The molecule has 15 heavy (non-hydrogen) atoms. The summed E-state index contributed by atoms with van der Waals surface area (Å²) in [6.07, 6.45) is -0.393. The van der Waals surface area contributed by atoms with Gasteiger partial charge in [-0.3, -0.25) is 0 Å². The maximum Gasteiger partial charge on any atom is 0.103 e. The number of halogens is 1. The highest BCUT2D eigenvalue weighted by molar-refractivity contribution is 9.10. The molecule has 0 saturated heterocycles. The summed E-state index contributed by atoms with van der Waals surface area (Å²) >= 11 is 3.39. The summed E-state index contributed by atoms with van der Waals surface area (Å²) in [7, 11) is 0. The zero-order chi connectivity index (χ0) is 11.4. The van der Waals surface area contributed by atoms with Gasteiger partial charge in [0.1, 0.15) is 6.10 Å². The Kier molecular flexibility index (Phi) is 4.77. The first kappa shape index (κ1) is 12.7. The van der Waals surface area contributed by atoms with Gasteiger partial charge in [-0.25, -0.2) is 0 Å². The number of aliphatic hydroxyl groups excluding tert-OH is 1. The fourth-order valence-electron chi connectivity index (χ4n) is 1.39. The summed E-state index contributed by atoms with van der Waals surface area (Å²) in [5.41, 5.74) is 2.00. The average molecular weight is 273 g/mol. The van der Waals surface area contributed by atoms with E-state index in [1.54, 1.807) is 0 Å². The highest BCUT2D eigenvalue weighted by Gasteiger charge is 2.11. The molecule has 0 aliphatic heterocycles. The van der Waals surface area contributed by atoms with Crippen LogP contribution in [-0.4, -0.2) is 17.8 Å². The number of hydrogen-bond acceptors (Lipinski definition) is 2. The minimum Gasteiger partial charge on any atom is -0.386 e. The van der Waals surface area contributed by atoms with Crippen LogP contribution in [0.25, 0.3) is 0 Å². The summed E-state index contributed by atoms with van der Waals surface area (Å²) in [6.45, 7) is 6.25. The van der Waals surface area contributed by atoms with E-state index < -0.39 is 6.10 Å². The average Bonchev–Trinajstić information content (AvgIpc) is 2.14. The van der Waals surface area contributed by atoms with Gasteiger partial charge in [0.05, 0.1) is 12.7 Å². The van der Waals surface area contributed by atoms with Crippen molar-refractivity contribution in [1.29, 1.82) is 0 Å². The Balaban J connectivity index is 2.69. The van der Waals surface area contributed by atoms with Gasteiger partial charge < -0.3 is 9.84 Å². The maximum atomic E-state index is 9.90. The second-order valence-corrected chi connectivity index (χ2v) is 4.81. The van der Waals surface area contributed by atoms with Crippen LogP contribution in [0.2, 0.25) is 0 Å². The van der Waals surface area contributed by atoms with Gasteiger partial charge in [0, 0.05) is 4.47 Å². The monoisotopic (exact) mass is 272 g/mol. The highest BCUT2D eigenvalue weighted by atomic mass is 79.9. The summed E-state index contributed by atoms with van der Waals surface area (Å²) in [6, 6.07) is 5.85. The fourth-order valence-corrected chi connectivity index (χ4v) is 1.86. The summed E-state index contributed by atoms with van der Waals surface area (Å²) in [5.74, 6) is 0. The number of ether oxygens (including phenoxy) is 1. The molecule has 0 fully saturated rings. The van der Waals surface area contributed by atoms with Crippen LogP contribution in [0.5, 0.6) is 0 Å². The van der Waals surface area contributed by atoms with Gasteiger partial charge in [-0.2, -0.15) is 0 Å². The van der Waals surface area contributed by atoms with E-state index in [2.05, 4.69) is 15.9 Å². The molecule has 1 rings (SSSR count). The van der Waals surface area contributed by atoms with Crippen molar-refractivity contribution in [3.8, 4) is 0 Å². The molecule has 84 valence electrons. The molecule has 1 atom stereocenters. The normalized spacial score (nSPS) is 13.2. The first-order valence-electron chi connectivity index (χ1n) is 5.06. The van der Waals surface area contributed by atoms with Crippen LogP contribution in [0.15, 0.2) is 22.7 Å². The first-order chi connectivity index (χ1) is 7.00. The van der Waals surface area contributed by atoms with Crippen LogP contribution in [0.1, 0.15) is 31.1 Å². The fraction of sp³-hybridized carbons (Fsp3) is 0.500.